The van der Waals surface area contributed by atoms with E-state index < -0.39 is 0 Å². The van der Waals surface area contributed by atoms with Gasteiger partial charge in [0, 0.05) is 25.7 Å². The normalized spacial score (nSPS) is 11.0. The van der Waals surface area contributed by atoms with Gasteiger partial charge < -0.3 is 14.8 Å². The molecular formula is C17H35NO3. The molecule has 0 fully saturated rings. The largest absolute Gasteiger partial charge is 0.379 e. The first-order valence-corrected chi connectivity index (χ1v) is 8.61. The van der Waals surface area contributed by atoms with Gasteiger partial charge in [0.2, 0.25) is 5.91 Å². The van der Waals surface area contributed by atoms with Crippen molar-refractivity contribution in [3.8, 4) is 0 Å². The maximum absolute atomic E-state index is 11.3. The first-order chi connectivity index (χ1) is 10.2. The van der Waals surface area contributed by atoms with E-state index in [1.165, 1.54) is 19.3 Å². The lowest BCUT2D eigenvalue weighted by Gasteiger charge is -2.08. The highest BCUT2D eigenvalue weighted by molar-refractivity contribution is 5.77. The van der Waals surface area contributed by atoms with E-state index >= 15 is 0 Å². The van der Waals surface area contributed by atoms with Gasteiger partial charge >= 0.3 is 0 Å². The topological polar surface area (TPSA) is 47.6 Å². The molecule has 0 rings (SSSR count). The third-order valence-electron chi connectivity index (χ3n) is 3.30. The first-order valence-electron chi connectivity index (χ1n) is 8.61. The van der Waals surface area contributed by atoms with Crippen LogP contribution in [0, 0.1) is 5.92 Å². The van der Waals surface area contributed by atoms with E-state index in [1.807, 2.05) is 13.8 Å². The number of amides is 1. The molecule has 1 amide bonds. The minimum Gasteiger partial charge on any atom is -0.379 e. The smallest absolute Gasteiger partial charge is 0.222 e. The minimum absolute atomic E-state index is 0.0790. The van der Waals surface area contributed by atoms with Crippen LogP contribution >= 0.6 is 0 Å². The fraction of sp³-hybridized carbons (Fsp3) is 0.941. The van der Waals surface area contributed by atoms with Crippen LogP contribution in [0.3, 0.4) is 0 Å². The summed E-state index contributed by atoms with van der Waals surface area (Å²) in [5, 5.41) is 2.92. The molecule has 1 N–H and O–H groups in total. The van der Waals surface area contributed by atoms with E-state index in [0.717, 1.165) is 45.4 Å². The van der Waals surface area contributed by atoms with Gasteiger partial charge in [0.15, 0.2) is 0 Å². The molecule has 0 aromatic carbocycles. The summed E-state index contributed by atoms with van der Waals surface area (Å²) in [6.45, 7) is 9.86. The van der Waals surface area contributed by atoms with Crippen LogP contribution in [0.25, 0.3) is 0 Å². The highest BCUT2D eigenvalue weighted by Gasteiger charge is 2.04. The summed E-state index contributed by atoms with van der Waals surface area (Å²) in [6.07, 6.45) is 8.17. The second-order valence-electron chi connectivity index (χ2n) is 5.79. The Hall–Kier alpha value is -0.610. The summed E-state index contributed by atoms with van der Waals surface area (Å²) < 4.78 is 11.0. The van der Waals surface area contributed by atoms with Crippen molar-refractivity contribution in [3.63, 3.8) is 0 Å². The molecule has 0 aromatic heterocycles. The van der Waals surface area contributed by atoms with Gasteiger partial charge in [-0.2, -0.15) is 0 Å². The van der Waals surface area contributed by atoms with E-state index in [4.69, 9.17) is 9.47 Å². The van der Waals surface area contributed by atoms with Crippen LogP contribution in [0.5, 0.6) is 0 Å². The standard InChI is InChI=1S/C17H35NO3/c1-4-5-6-9-12-20-14-15-21-13-10-7-8-11-18-17(19)16(2)3/h16H,4-15H2,1-3H3,(H,18,19). The van der Waals surface area contributed by atoms with Gasteiger partial charge in [0.25, 0.3) is 0 Å². The van der Waals surface area contributed by atoms with Crippen molar-refractivity contribution in [1.29, 1.82) is 0 Å². The lowest BCUT2D eigenvalue weighted by molar-refractivity contribution is -0.123. The van der Waals surface area contributed by atoms with E-state index in [-0.39, 0.29) is 11.8 Å². The molecule has 0 radical (unpaired) electrons. The van der Waals surface area contributed by atoms with Crippen molar-refractivity contribution in [2.75, 3.05) is 33.0 Å². The van der Waals surface area contributed by atoms with Crippen molar-refractivity contribution < 1.29 is 14.3 Å². The predicted molar refractivity (Wildman–Crippen MR) is 87.5 cm³/mol. The Balaban J connectivity index is 3.04. The zero-order valence-corrected chi connectivity index (χ0v) is 14.3. The lowest BCUT2D eigenvalue weighted by atomic mass is 10.2. The molecule has 0 aliphatic heterocycles. The van der Waals surface area contributed by atoms with E-state index in [1.54, 1.807) is 0 Å². The summed E-state index contributed by atoms with van der Waals surface area (Å²) in [4.78, 5) is 11.3. The molecule has 0 saturated carbocycles. The molecule has 0 unspecified atom stereocenters. The van der Waals surface area contributed by atoms with E-state index in [0.29, 0.717) is 13.2 Å². The Bertz CT molecular complexity index is 232. The molecule has 0 aliphatic carbocycles. The minimum atomic E-state index is 0.0790. The molecule has 0 spiro atoms. The highest BCUT2D eigenvalue weighted by atomic mass is 16.5. The van der Waals surface area contributed by atoms with Crippen molar-refractivity contribution in [2.45, 2.75) is 65.7 Å². The third kappa shape index (κ3) is 15.6. The van der Waals surface area contributed by atoms with Gasteiger partial charge in [0.1, 0.15) is 0 Å². The molecule has 0 aromatic rings. The number of carbonyl (C=O) groups is 1. The Morgan fingerprint density at radius 1 is 0.857 bits per heavy atom. The van der Waals surface area contributed by atoms with Crippen LogP contribution in [0.1, 0.15) is 65.7 Å². The third-order valence-corrected chi connectivity index (χ3v) is 3.30. The fourth-order valence-electron chi connectivity index (χ4n) is 1.87. The van der Waals surface area contributed by atoms with Crippen molar-refractivity contribution in [1.82, 2.24) is 5.32 Å². The van der Waals surface area contributed by atoms with Crippen LogP contribution in [0.15, 0.2) is 0 Å². The molecule has 4 nitrogen and oxygen atoms in total. The Morgan fingerprint density at radius 3 is 1.95 bits per heavy atom. The van der Waals surface area contributed by atoms with Crippen LogP contribution in [0.4, 0.5) is 0 Å². The van der Waals surface area contributed by atoms with Crippen LogP contribution < -0.4 is 5.32 Å². The average molecular weight is 301 g/mol. The number of nitrogens with one attached hydrogen (secondary N) is 1. The number of ether oxygens (including phenoxy) is 2. The summed E-state index contributed by atoms with van der Waals surface area (Å²) in [7, 11) is 0. The molecule has 0 bridgehead atoms. The van der Waals surface area contributed by atoms with E-state index in [2.05, 4.69) is 12.2 Å². The molecule has 0 atom stereocenters. The Kier molecular flexibility index (Phi) is 15.3. The highest BCUT2D eigenvalue weighted by Crippen LogP contribution is 1.99. The van der Waals surface area contributed by atoms with Gasteiger partial charge in [-0.25, -0.2) is 0 Å². The second-order valence-corrected chi connectivity index (χ2v) is 5.79. The monoisotopic (exact) mass is 301 g/mol. The maximum atomic E-state index is 11.3. The molecule has 0 aliphatic rings. The summed E-state index contributed by atoms with van der Waals surface area (Å²) in [5.74, 6) is 0.220. The SMILES string of the molecule is CCCCCCOCCOCCCCCNC(=O)C(C)C. The van der Waals surface area contributed by atoms with E-state index in [9.17, 15) is 4.79 Å². The molecule has 0 saturated heterocycles. The maximum Gasteiger partial charge on any atom is 0.222 e. The number of unbranched alkanes of at least 4 members (excludes halogenated alkanes) is 5. The van der Waals surface area contributed by atoms with Gasteiger partial charge in [0.05, 0.1) is 13.2 Å². The number of rotatable bonds is 15. The first kappa shape index (κ1) is 20.4. The van der Waals surface area contributed by atoms with Crippen LogP contribution in [-0.2, 0) is 14.3 Å². The van der Waals surface area contributed by atoms with Gasteiger partial charge in [-0.05, 0) is 25.7 Å². The van der Waals surface area contributed by atoms with Crippen LogP contribution in [0.2, 0.25) is 0 Å². The number of hydrogen-bond acceptors (Lipinski definition) is 3. The Morgan fingerprint density at radius 2 is 1.43 bits per heavy atom. The molecule has 126 valence electrons. The predicted octanol–water partition coefficient (Wildman–Crippen LogP) is 3.54. The van der Waals surface area contributed by atoms with Gasteiger partial charge in [-0.3, -0.25) is 4.79 Å². The van der Waals surface area contributed by atoms with Gasteiger partial charge in [-0.15, -0.1) is 0 Å². The summed E-state index contributed by atoms with van der Waals surface area (Å²) in [5.41, 5.74) is 0. The zero-order valence-electron chi connectivity index (χ0n) is 14.3. The molecule has 4 heteroatoms. The summed E-state index contributed by atoms with van der Waals surface area (Å²) in [6, 6.07) is 0. The molecular weight excluding hydrogens is 266 g/mol. The number of hydrogen-bond donors (Lipinski definition) is 1. The Labute approximate surface area is 131 Å². The average Bonchev–Trinajstić information content (AvgIpc) is 2.47. The zero-order chi connectivity index (χ0) is 15.8. The molecule has 0 heterocycles. The van der Waals surface area contributed by atoms with Crippen molar-refractivity contribution >= 4 is 5.91 Å². The van der Waals surface area contributed by atoms with Crippen molar-refractivity contribution in [3.05, 3.63) is 0 Å². The second kappa shape index (κ2) is 15.8. The van der Waals surface area contributed by atoms with Crippen molar-refractivity contribution in [2.24, 2.45) is 5.92 Å². The summed E-state index contributed by atoms with van der Waals surface area (Å²) >= 11 is 0. The lowest BCUT2D eigenvalue weighted by Crippen LogP contribution is -2.28. The molecule has 21 heavy (non-hydrogen) atoms. The van der Waals surface area contributed by atoms with Crippen LogP contribution in [-0.4, -0.2) is 38.9 Å². The number of carbonyl (C=O) groups excluding carboxylic acids is 1. The quantitative estimate of drug-likeness (QED) is 0.471. The fourth-order valence-corrected chi connectivity index (χ4v) is 1.87. The van der Waals surface area contributed by atoms with Gasteiger partial charge in [-0.1, -0.05) is 40.0 Å².